The predicted octanol–water partition coefficient (Wildman–Crippen LogP) is 2.04. The van der Waals surface area contributed by atoms with Gasteiger partial charge in [-0.25, -0.2) is 0 Å². The summed E-state index contributed by atoms with van der Waals surface area (Å²) >= 11 is 3.31. The van der Waals surface area contributed by atoms with Gasteiger partial charge < -0.3 is 9.47 Å². The van der Waals surface area contributed by atoms with Crippen LogP contribution in [0.1, 0.15) is 6.42 Å². The van der Waals surface area contributed by atoms with Crippen LogP contribution in [-0.4, -0.2) is 30.1 Å². The molecule has 1 aliphatic rings. The van der Waals surface area contributed by atoms with Crippen LogP contribution in [0.5, 0.6) is 5.75 Å². The first kappa shape index (κ1) is 13.8. The summed E-state index contributed by atoms with van der Waals surface area (Å²) in [5, 5.41) is 10.4. The molecule has 0 heterocycles. The van der Waals surface area contributed by atoms with Gasteiger partial charge in [-0.2, -0.15) is 0 Å². The molecule has 0 aromatic heterocycles. The Balaban J connectivity index is 1.65. The number of ether oxygens (including phenoxy) is 2. The normalized spacial score (nSPS) is 20.7. The molecule has 0 amide bonds. The molecule has 0 N–H and O–H groups in total. The van der Waals surface area contributed by atoms with E-state index >= 15 is 0 Å². The third-order valence-electron chi connectivity index (χ3n) is 2.72. The molecule has 1 aromatic carbocycles. The summed E-state index contributed by atoms with van der Waals surface area (Å²) in [5.41, 5.74) is 0. The van der Waals surface area contributed by atoms with E-state index in [2.05, 4.69) is 15.9 Å². The molecule has 19 heavy (non-hydrogen) atoms. The van der Waals surface area contributed by atoms with Crippen molar-refractivity contribution in [2.75, 3.05) is 13.2 Å². The van der Waals surface area contributed by atoms with Crippen molar-refractivity contribution in [3.8, 4) is 5.75 Å². The molecule has 0 bridgehead atoms. The van der Waals surface area contributed by atoms with E-state index in [1.54, 1.807) is 12.1 Å². The van der Waals surface area contributed by atoms with E-state index in [-0.39, 0.29) is 19.6 Å². The molecule has 7 heteroatoms. The van der Waals surface area contributed by atoms with Crippen molar-refractivity contribution in [3.05, 3.63) is 38.9 Å². The van der Waals surface area contributed by atoms with E-state index in [0.29, 0.717) is 5.75 Å². The quantitative estimate of drug-likeness (QED) is 0.345. The minimum Gasteiger partial charge on any atom is -0.490 e. The molecule has 1 saturated carbocycles. The van der Waals surface area contributed by atoms with Gasteiger partial charge in [0, 0.05) is 15.8 Å². The summed E-state index contributed by atoms with van der Waals surface area (Å²) < 4.78 is 11.2. The molecule has 6 nitrogen and oxygen atoms in total. The maximum Gasteiger partial charge on any atom is 0.316 e. The Bertz CT molecular complexity index is 493. The maximum absolute atomic E-state index is 11.4. The van der Waals surface area contributed by atoms with Crippen molar-refractivity contribution < 1.29 is 19.2 Å². The molecule has 1 aliphatic carbocycles. The molecule has 102 valence electrons. The van der Waals surface area contributed by atoms with Gasteiger partial charge in [0.05, 0.1) is 0 Å². The number of rotatable bonds is 6. The summed E-state index contributed by atoms with van der Waals surface area (Å²) in [6.07, 6.45) is 0.276. The standard InChI is InChI=1S/C12H12BrNO5/c13-8-2-1-3-9(6-8)18-4-5-19-12(15)10-7-11(10)14(16)17/h1-3,6,10-11H,4-5,7H2. The molecular weight excluding hydrogens is 318 g/mol. The van der Waals surface area contributed by atoms with E-state index in [4.69, 9.17) is 9.47 Å². The van der Waals surface area contributed by atoms with Crippen LogP contribution in [0.4, 0.5) is 0 Å². The zero-order chi connectivity index (χ0) is 13.8. The summed E-state index contributed by atoms with van der Waals surface area (Å²) in [6.45, 7) is 0.310. The fourth-order valence-electron chi connectivity index (χ4n) is 1.63. The Labute approximate surface area is 118 Å². The van der Waals surface area contributed by atoms with Gasteiger partial charge in [-0.15, -0.1) is 0 Å². The average Bonchev–Trinajstić information content (AvgIpc) is 3.15. The van der Waals surface area contributed by atoms with Crippen LogP contribution in [0.25, 0.3) is 0 Å². The molecule has 2 unspecified atom stereocenters. The molecule has 2 atom stereocenters. The van der Waals surface area contributed by atoms with Crippen LogP contribution < -0.4 is 4.74 Å². The molecular formula is C12H12BrNO5. The number of benzene rings is 1. The SMILES string of the molecule is O=C(OCCOc1cccc(Br)c1)C1CC1[N+](=O)[O-]. The second-order valence-corrected chi connectivity index (χ2v) is 5.08. The number of halogens is 1. The number of esters is 1. The van der Waals surface area contributed by atoms with Crippen LogP contribution in [0.15, 0.2) is 28.7 Å². The van der Waals surface area contributed by atoms with Gasteiger partial charge in [-0.3, -0.25) is 14.9 Å². The van der Waals surface area contributed by atoms with E-state index in [9.17, 15) is 14.9 Å². The average molecular weight is 330 g/mol. The molecule has 0 spiro atoms. The topological polar surface area (TPSA) is 78.7 Å². The van der Waals surface area contributed by atoms with E-state index in [1.807, 2.05) is 12.1 Å². The molecule has 1 fully saturated rings. The highest BCUT2D eigenvalue weighted by atomic mass is 79.9. The zero-order valence-electron chi connectivity index (χ0n) is 9.95. The molecule has 0 aliphatic heterocycles. The number of carbonyl (C=O) groups excluding carboxylic acids is 1. The predicted molar refractivity (Wildman–Crippen MR) is 69.5 cm³/mol. The Morgan fingerprint density at radius 2 is 2.26 bits per heavy atom. The maximum atomic E-state index is 11.4. The molecule has 2 rings (SSSR count). The van der Waals surface area contributed by atoms with Crippen molar-refractivity contribution >= 4 is 21.9 Å². The minimum atomic E-state index is -0.765. The second-order valence-electron chi connectivity index (χ2n) is 4.17. The van der Waals surface area contributed by atoms with Crippen molar-refractivity contribution in [2.24, 2.45) is 5.92 Å². The number of carbonyl (C=O) groups is 1. The first-order valence-corrected chi connectivity index (χ1v) is 6.55. The third kappa shape index (κ3) is 3.92. The Kier molecular flexibility index (Phi) is 4.36. The van der Waals surface area contributed by atoms with Gasteiger partial charge in [0.15, 0.2) is 0 Å². The van der Waals surface area contributed by atoms with Gasteiger partial charge >= 0.3 is 5.97 Å². The lowest BCUT2D eigenvalue weighted by Crippen LogP contribution is -2.17. The van der Waals surface area contributed by atoms with Gasteiger partial charge in [0.25, 0.3) is 0 Å². The van der Waals surface area contributed by atoms with E-state index < -0.39 is 22.9 Å². The van der Waals surface area contributed by atoms with Gasteiger partial charge in [0.2, 0.25) is 6.04 Å². The van der Waals surface area contributed by atoms with E-state index in [0.717, 1.165) is 4.47 Å². The largest absolute Gasteiger partial charge is 0.490 e. The van der Waals surface area contributed by atoms with Crippen molar-refractivity contribution in [3.63, 3.8) is 0 Å². The fourth-order valence-corrected chi connectivity index (χ4v) is 2.01. The van der Waals surface area contributed by atoms with Crippen LogP contribution >= 0.6 is 15.9 Å². The van der Waals surface area contributed by atoms with Gasteiger partial charge in [-0.1, -0.05) is 22.0 Å². The Morgan fingerprint density at radius 3 is 2.89 bits per heavy atom. The molecule has 0 saturated heterocycles. The monoisotopic (exact) mass is 329 g/mol. The number of nitrogens with zero attached hydrogens (tertiary/aromatic N) is 1. The highest BCUT2D eigenvalue weighted by Gasteiger charge is 2.54. The smallest absolute Gasteiger partial charge is 0.316 e. The highest BCUT2D eigenvalue weighted by Crippen LogP contribution is 2.34. The van der Waals surface area contributed by atoms with Crippen LogP contribution in [0.2, 0.25) is 0 Å². The third-order valence-corrected chi connectivity index (χ3v) is 3.22. The molecule has 0 radical (unpaired) electrons. The number of nitro groups is 1. The Hall–Kier alpha value is -1.63. The van der Waals surface area contributed by atoms with Crippen LogP contribution in [-0.2, 0) is 9.53 Å². The number of hydrogen-bond donors (Lipinski definition) is 0. The minimum absolute atomic E-state index is 0.0896. The van der Waals surface area contributed by atoms with Crippen molar-refractivity contribution in [2.45, 2.75) is 12.5 Å². The lowest BCUT2D eigenvalue weighted by molar-refractivity contribution is -0.497. The lowest BCUT2D eigenvalue weighted by Gasteiger charge is -2.07. The van der Waals surface area contributed by atoms with Gasteiger partial charge in [0.1, 0.15) is 24.9 Å². The molecule has 1 aromatic rings. The van der Waals surface area contributed by atoms with Gasteiger partial charge in [-0.05, 0) is 18.2 Å². The summed E-state index contributed by atoms with van der Waals surface area (Å²) in [6, 6.07) is 6.52. The lowest BCUT2D eigenvalue weighted by atomic mass is 10.3. The fraction of sp³-hybridized carbons (Fsp3) is 0.417. The first-order valence-electron chi connectivity index (χ1n) is 5.76. The zero-order valence-corrected chi connectivity index (χ0v) is 11.5. The summed E-state index contributed by atoms with van der Waals surface area (Å²) in [7, 11) is 0. The van der Waals surface area contributed by atoms with Crippen LogP contribution in [0.3, 0.4) is 0 Å². The number of hydrogen-bond acceptors (Lipinski definition) is 5. The second kappa shape index (κ2) is 6.01. The van der Waals surface area contributed by atoms with E-state index in [1.165, 1.54) is 0 Å². The van der Waals surface area contributed by atoms with Crippen molar-refractivity contribution in [1.29, 1.82) is 0 Å². The first-order chi connectivity index (χ1) is 9.08. The Morgan fingerprint density at radius 1 is 1.47 bits per heavy atom. The van der Waals surface area contributed by atoms with Crippen LogP contribution in [0, 0.1) is 16.0 Å². The summed E-state index contributed by atoms with van der Waals surface area (Å²) in [5.74, 6) is -0.430. The highest BCUT2D eigenvalue weighted by molar-refractivity contribution is 9.10. The summed E-state index contributed by atoms with van der Waals surface area (Å²) in [4.78, 5) is 21.3. The van der Waals surface area contributed by atoms with Crippen molar-refractivity contribution in [1.82, 2.24) is 0 Å².